The Kier molecular flexibility index (Phi) is 6.42. The first-order chi connectivity index (χ1) is 10.8. The predicted molar refractivity (Wildman–Crippen MR) is 83.4 cm³/mol. The average molecular weight is 339 g/mol. The number of aliphatic carboxylic acids is 1. The Bertz CT molecular complexity index is 692. The SMILES string of the molecule is COc1cc(/C=C(/C#N)C(=O)N(C)C)cc(Cl)c1OCC(=O)O. The lowest BCUT2D eigenvalue weighted by Gasteiger charge is -2.12. The number of hydrogen-bond donors (Lipinski definition) is 1. The van der Waals surface area contributed by atoms with E-state index in [1.54, 1.807) is 0 Å². The van der Waals surface area contributed by atoms with E-state index in [1.807, 2.05) is 6.07 Å². The zero-order valence-corrected chi connectivity index (χ0v) is 13.5. The molecule has 0 aromatic heterocycles. The number of carboxylic acids is 1. The molecule has 23 heavy (non-hydrogen) atoms. The molecule has 0 spiro atoms. The van der Waals surface area contributed by atoms with E-state index in [2.05, 4.69) is 0 Å². The highest BCUT2D eigenvalue weighted by molar-refractivity contribution is 6.32. The Morgan fingerprint density at radius 1 is 1.43 bits per heavy atom. The van der Waals surface area contributed by atoms with E-state index >= 15 is 0 Å². The van der Waals surface area contributed by atoms with Gasteiger partial charge in [-0.05, 0) is 23.8 Å². The van der Waals surface area contributed by atoms with Crippen molar-refractivity contribution in [1.82, 2.24) is 4.90 Å². The molecular weight excluding hydrogens is 324 g/mol. The third kappa shape index (κ3) is 4.90. The van der Waals surface area contributed by atoms with E-state index in [0.29, 0.717) is 5.56 Å². The summed E-state index contributed by atoms with van der Waals surface area (Å²) in [5, 5.41) is 17.8. The van der Waals surface area contributed by atoms with Gasteiger partial charge in [0, 0.05) is 14.1 Å². The zero-order chi connectivity index (χ0) is 17.6. The van der Waals surface area contributed by atoms with Crippen molar-refractivity contribution in [3.63, 3.8) is 0 Å². The summed E-state index contributed by atoms with van der Waals surface area (Å²) in [6.45, 7) is -0.576. The fourth-order valence-corrected chi connectivity index (χ4v) is 1.92. The molecule has 0 saturated heterocycles. The number of ether oxygens (including phenoxy) is 2. The highest BCUT2D eigenvalue weighted by Crippen LogP contribution is 2.37. The van der Waals surface area contributed by atoms with Gasteiger partial charge >= 0.3 is 5.97 Å². The summed E-state index contributed by atoms with van der Waals surface area (Å²) < 4.78 is 10.2. The summed E-state index contributed by atoms with van der Waals surface area (Å²) in [6, 6.07) is 4.76. The van der Waals surface area contributed by atoms with Crippen LogP contribution in [0.25, 0.3) is 6.08 Å². The molecule has 0 radical (unpaired) electrons. The standard InChI is InChI=1S/C15H15ClN2O5/c1-18(2)15(21)10(7-17)4-9-5-11(16)14(12(6-9)22-3)23-8-13(19)20/h4-6H,8H2,1-3H3,(H,19,20)/b10-4-. The van der Waals surface area contributed by atoms with Crippen LogP contribution in [-0.2, 0) is 9.59 Å². The molecular formula is C15H15ClN2O5. The summed E-state index contributed by atoms with van der Waals surface area (Å²) in [7, 11) is 4.43. The van der Waals surface area contributed by atoms with Crippen molar-refractivity contribution in [1.29, 1.82) is 5.26 Å². The topological polar surface area (TPSA) is 99.9 Å². The number of carbonyl (C=O) groups is 2. The van der Waals surface area contributed by atoms with Crippen molar-refractivity contribution in [3.8, 4) is 17.6 Å². The Labute approximate surface area is 138 Å². The van der Waals surface area contributed by atoms with Crippen LogP contribution >= 0.6 is 11.6 Å². The third-order valence-corrected chi connectivity index (χ3v) is 2.94. The second-order valence-electron chi connectivity index (χ2n) is 4.59. The predicted octanol–water partition coefficient (Wildman–Crippen LogP) is 1.81. The van der Waals surface area contributed by atoms with E-state index < -0.39 is 18.5 Å². The molecule has 1 aromatic rings. The lowest BCUT2D eigenvalue weighted by molar-refractivity contribution is -0.139. The van der Waals surface area contributed by atoms with E-state index in [4.69, 9.17) is 31.4 Å². The lowest BCUT2D eigenvalue weighted by Crippen LogP contribution is -2.22. The molecule has 0 unspecified atom stereocenters. The van der Waals surface area contributed by atoms with Gasteiger partial charge in [0.05, 0.1) is 12.1 Å². The Morgan fingerprint density at radius 2 is 2.09 bits per heavy atom. The van der Waals surface area contributed by atoms with Crippen molar-refractivity contribution in [2.75, 3.05) is 27.8 Å². The van der Waals surface area contributed by atoms with Crippen molar-refractivity contribution in [2.24, 2.45) is 0 Å². The zero-order valence-electron chi connectivity index (χ0n) is 12.8. The number of amides is 1. The van der Waals surface area contributed by atoms with Crippen LogP contribution in [0.4, 0.5) is 0 Å². The highest BCUT2D eigenvalue weighted by Gasteiger charge is 2.15. The molecule has 0 bridgehead atoms. The number of halogens is 1. The first kappa shape index (κ1) is 18.3. The normalized spacial score (nSPS) is 10.7. The van der Waals surface area contributed by atoms with E-state index in [-0.39, 0.29) is 22.1 Å². The number of methoxy groups -OCH3 is 1. The molecule has 8 heteroatoms. The van der Waals surface area contributed by atoms with E-state index in [1.165, 1.54) is 44.3 Å². The minimum atomic E-state index is -1.16. The van der Waals surface area contributed by atoms with Gasteiger partial charge in [-0.1, -0.05) is 11.6 Å². The second-order valence-corrected chi connectivity index (χ2v) is 4.99. The van der Waals surface area contributed by atoms with Crippen LogP contribution in [0.15, 0.2) is 17.7 Å². The van der Waals surface area contributed by atoms with Crippen LogP contribution in [-0.4, -0.2) is 49.7 Å². The Morgan fingerprint density at radius 3 is 2.57 bits per heavy atom. The smallest absolute Gasteiger partial charge is 0.341 e. The van der Waals surface area contributed by atoms with Crippen LogP contribution in [0.3, 0.4) is 0 Å². The minimum Gasteiger partial charge on any atom is -0.493 e. The Balaban J connectivity index is 3.25. The molecule has 1 rings (SSSR count). The lowest BCUT2D eigenvalue weighted by atomic mass is 10.1. The molecule has 0 atom stereocenters. The van der Waals surface area contributed by atoms with Gasteiger partial charge in [0.2, 0.25) is 0 Å². The minimum absolute atomic E-state index is 0.0751. The average Bonchev–Trinajstić information content (AvgIpc) is 2.49. The number of hydrogen-bond acceptors (Lipinski definition) is 5. The summed E-state index contributed by atoms with van der Waals surface area (Å²) in [5.41, 5.74) is 0.369. The van der Waals surface area contributed by atoms with Gasteiger partial charge in [0.15, 0.2) is 18.1 Å². The molecule has 0 aliphatic carbocycles. The third-order valence-electron chi connectivity index (χ3n) is 2.66. The molecule has 0 saturated carbocycles. The number of benzene rings is 1. The molecule has 0 aliphatic rings. The highest BCUT2D eigenvalue weighted by atomic mass is 35.5. The molecule has 7 nitrogen and oxygen atoms in total. The van der Waals surface area contributed by atoms with Crippen LogP contribution in [0.1, 0.15) is 5.56 Å². The van der Waals surface area contributed by atoms with Gasteiger partial charge in [-0.3, -0.25) is 4.79 Å². The first-order valence-electron chi connectivity index (χ1n) is 6.35. The maximum Gasteiger partial charge on any atom is 0.341 e. The molecule has 1 N–H and O–H groups in total. The molecule has 1 amide bonds. The molecule has 1 aromatic carbocycles. The fourth-order valence-electron chi connectivity index (χ4n) is 1.65. The molecule has 0 aliphatic heterocycles. The molecule has 0 heterocycles. The van der Waals surface area contributed by atoms with Gasteiger partial charge in [0.1, 0.15) is 11.6 Å². The Hall–Kier alpha value is -2.72. The maximum atomic E-state index is 11.8. The van der Waals surface area contributed by atoms with Crippen LogP contribution in [0.5, 0.6) is 11.5 Å². The van der Waals surface area contributed by atoms with E-state index in [0.717, 1.165) is 0 Å². The van der Waals surface area contributed by atoms with Crippen molar-refractivity contribution in [3.05, 3.63) is 28.3 Å². The fraction of sp³-hybridized carbons (Fsp3) is 0.267. The summed E-state index contributed by atoms with van der Waals surface area (Å²) in [4.78, 5) is 23.7. The van der Waals surface area contributed by atoms with Crippen molar-refractivity contribution in [2.45, 2.75) is 0 Å². The number of rotatable bonds is 6. The van der Waals surface area contributed by atoms with Crippen LogP contribution < -0.4 is 9.47 Å². The summed E-state index contributed by atoms with van der Waals surface area (Å²) >= 11 is 6.06. The van der Waals surface area contributed by atoms with E-state index in [9.17, 15) is 9.59 Å². The van der Waals surface area contributed by atoms with Crippen LogP contribution in [0.2, 0.25) is 5.02 Å². The van der Waals surface area contributed by atoms with Gasteiger partial charge in [-0.15, -0.1) is 0 Å². The van der Waals surface area contributed by atoms with Crippen LogP contribution in [0, 0.1) is 11.3 Å². The molecule has 122 valence electrons. The molecule has 0 fully saturated rings. The van der Waals surface area contributed by atoms with Gasteiger partial charge in [0.25, 0.3) is 5.91 Å². The number of carboxylic acid groups (broad SMARTS) is 1. The number of nitriles is 1. The van der Waals surface area contributed by atoms with Gasteiger partial charge in [-0.25, -0.2) is 4.79 Å². The summed E-state index contributed by atoms with van der Waals surface area (Å²) in [5.74, 6) is -1.34. The number of likely N-dealkylation sites (N-methyl/N-ethyl adjacent to an activating group) is 1. The number of nitrogens with zero attached hydrogens (tertiary/aromatic N) is 2. The maximum absolute atomic E-state index is 11.8. The largest absolute Gasteiger partial charge is 0.493 e. The second kappa shape index (κ2) is 8.06. The quantitative estimate of drug-likeness (QED) is 0.627. The van der Waals surface area contributed by atoms with Gasteiger partial charge in [-0.2, -0.15) is 5.26 Å². The number of carbonyl (C=O) groups excluding carboxylic acids is 1. The first-order valence-corrected chi connectivity index (χ1v) is 6.73. The summed E-state index contributed by atoms with van der Waals surface area (Å²) in [6.07, 6.45) is 1.36. The van der Waals surface area contributed by atoms with Crippen molar-refractivity contribution >= 4 is 29.6 Å². The monoisotopic (exact) mass is 338 g/mol. The van der Waals surface area contributed by atoms with Crippen molar-refractivity contribution < 1.29 is 24.2 Å². The van der Waals surface area contributed by atoms with Gasteiger partial charge < -0.3 is 19.5 Å².